The maximum atomic E-state index is 14.0. The smallest absolute Gasteiger partial charge is 0.280 e. The molecule has 1 amide bonds. The van der Waals surface area contributed by atoms with Gasteiger partial charge >= 0.3 is 0 Å². The lowest BCUT2D eigenvalue weighted by Gasteiger charge is -2.24. The maximum Gasteiger partial charge on any atom is 0.280 e. The number of amides is 1. The van der Waals surface area contributed by atoms with Gasteiger partial charge in [-0.1, -0.05) is 48.5 Å². The predicted molar refractivity (Wildman–Crippen MR) is 134 cm³/mol. The van der Waals surface area contributed by atoms with Gasteiger partial charge in [0.2, 0.25) is 0 Å². The Kier molecular flexibility index (Phi) is 4.45. The summed E-state index contributed by atoms with van der Waals surface area (Å²) in [4.78, 5) is 32.5. The molecule has 0 saturated carbocycles. The van der Waals surface area contributed by atoms with Crippen LogP contribution in [0.1, 0.15) is 40.3 Å². The molecular formula is C28H24N4O2. The topological polar surface area (TPSA) is 60.1 Å². The molecule has 0 radical (unpaired) electrons. The first-order chi connectivity index (χ1) is 16.5. The summed E-state index contributed by atoms with van der Waals surface area (Å²) < 4.78 is 3.55. The zero-order chi connectivity index (χ0) is 23.6. The quantitative estimate of drug-likeness (QED) is 0.454. The third-order valence-corrected chi connectivity index (χ3v) is 6.73. The van der Waals surface area contributed by atoms with Gasteiger partial charge in [-0.05, 0) is 56.9 Å². The normalized spacial score (nSPS) is 15.1. The number of rotatable bonds is 2. The van der Waals surface area contributed by atoms with E-state index in [1.807, 2.05) is 55.5 Å². The van der Waals surface area contributed by atoms with Crippen molar-refractivity contribution in [2.24, 2.45) is 0 Å². The van der Waals surface area contributed by atoms with Gasteiger partial charge in [0.05, 0.1) is 34.1 Å². The molecule has 1 aliphatic carbocycles. The third-order valence-electron chi connectivity index (χ3n) is 6.73. The second kappa shape index (κ2) is 7.42. The molecule has 0 saturated heterocycles. The summed E-state index contributed by atoms with van der Waals surface area (Å²) in [7, 11) is 0. The molecule has 3 heterocycles. The predicted octanol–water partition coefficient (Wildman–Crippen LogP) is 4.48. The maximum absolute atomic E-state index is 14.0. The molecule has 0 atom stereocenters. The van der Waals surface area contributed by atoms with Gasteiger partial charge in [0.25, 0.3) is 11.5 Å². The van der Waals surface area contributed by atoms with Crippen LogP contribution in [-0.2, 0) is 11.2 Å². The van der Waals surface area contributed by atoms with E-state index < -0.39 is 0 Å². The first kappa shape index (κ1) is 20.4. The summed E-state index contributed by atoms with van der Waals surface area (Å²) >= 11 is 0. The zero-order valence-corrected chi connectivity index (χ0v) is 19.4. The second-order valence-corrected chi connectivity index (χ2v) is 8.93. The molecule has 0 N–H and O–H groups in total. The summed E-state index contributed by atoms with van der Waals surface area (Å²) in [6, 6.07) is 17.7. The molecule has 6 rings (SSSR count). The van der Waals surface area contributed by atoms with Crippen LogP contribution in [-0.4, -0.2) is 20.1 Å². The van der Waals surface area contributed by atoms with Gasteiger partial charge in [0.1, 0.15) is 5.82 Å². The molecule has 0 spiro atoms. The third kappa shape index (κ3) is 2.85. The van der Waals surface area contributed by atoms with Gasteiger partial charge in [0, 0.05) is 11.3 Å². The molecule has 6 heteroatoms. The van der Waals surface area contributed by atoms with E-state index >= 15 is 0 Å². The number of nitrogens with zero attached hydrogens (tertiary/aromatic N) is 4. The standard InChI is InChI=1S/C28H24N4O2/c1-17-9-7-13-22-25(17)29-19(3)32(28(22)34)30-16-24(20-10-5-4-6-11-20)31-18(2)15-21-12-8-14-23(26(21)31)27(30)33/h4-7,9-11,13-16H,8,12H2,1-3H3. The fraction of sp³-hybridized carbons (Fsp3) is 0.179. The molecule has 0 unspecified atom stereocenters. The lowest BCUT2D eigenvalue weighted by molar-refractivity contribution is -0.114. The lowest BCUT2D eigenvalue weighted by Crippen LogP contribution is -2.44. The molecule has 0 bridgehead atoms. The van der Waals surface area contributed by atoms with Crippen molar-refractivity contribution in [2.45, 2.75) is 33.6 Å². The highest BCUT2D eigenvalue weighted by Gasteiger charge is 2.33. The minimum atomic E-state index is -0.261. The largest absolute Gasteiger partial charge is 0.311 e. The van der Waals surface area contributed by atoms with E-state index in [1.165, 1.54) is 9.69 Å². The molecule has 0 fully saturated rings. The summed E-state index contributed by atoms with van der Waals surface area (Å²) in [6.07, 6.45) is 5.45. The highest BCUT2D eigenvalue weighted by atomic mass is 16.2. The van der Waals surface area contributed by atoms with Gasteiger partial charge in [-0.15, -0.1) is 0 Å². The van der Waals surface area contributed by atoms with Crippen molar-refractivity contribution in [1.29, 1.82) is 0 Å². The van der Waals surface area contributed by atoms with E-state index in [0.717, 1.165) is 46.6 Å². The van der Waals surface area contributed by atoms with Crippen molar-refractivity contribution >= 4 is 28.1 Å². The van der Waals surface area contributed by atoms with Crippen LogP contribution in [0.5, 0.6) is 0 Å². The van der Waals surface area contributed by atoms with Crippen LogP contribution < -0.4 is 10.6 Å². The number of fused-ring (bicyclic) bond motifs is 1. The average Bonchev–Trinajstić information content (AvgIpc) is 3.10. The molecule has 2 aliphatic rings. The van der Waals surface area contributed by atoms with E-state index in [9.17, 15) is 9.59 Å². The zero-order valence-electron chi connectivity index (χ0n) is 19.4. The number of para-hydroxylation sites is 1. The molecule has 4 aromatic rings. The highest BCUT2D eigenvalue weighted by Crippen LogP contribution is 2.37. The Morgan fingerprint density at radius 1 is 0.941 bits per heavy atom. The fourth-order valence-electron chi connectivity index (χ4n) is 5.18. The number of hydrogen-bond donors (Lipinski definition) is 0. The van der Waals surface area contributed by atoms with Crippen molar-refractivity contribution in [2.75, 3.05) is 5.01 Å². The highest BCUT2D eigenvalue weighted by molar-refractivity contribution is 6.26. The van der Waals surface area contributed by atoms with E-state index in [1.54, 1.807) is 19.2 Å². The molecule has 1 aliphatic heterocycles. The van der Waals surface area contributed by atoms with Gasteiger partial charge in [-0.3, -0.25) is 9.59 Å². The van der Waals surface area contributed by atoms with Crippen molar-refractivity contribution in [3.05, 3.63) is 111 Å². The molecule has 2 aromatic heterocycles. The first-order valence-corrected chi connectivity index (χ1v) is 11.5. The Bertz CT molecular complexity index is 1620. The molecule has 2 aromatic carbocycles. The van der Waals surface area contributed by atoms with E-state index in [4.69, 9.17) is 4.98 Å². The van der Waals surface area contributed by atoms with Crippen molar-refractivity contribution in [1.82, 2.24) is 14.2 Å². The summed E-state index contributed by atoms with van der Waals surface area (Å²) in [5.74, 6) is 0.231. The fourth-order valence-corrected chi connectivity index (χ4v) is 5.18. The first-order valence-electron chi connectivity index (χ1n) is 11.5. The van der Waals surface area contributed by atoms with Crippen LogP contribution in [0.2, 0.25) is 0 Å². The molecule has 34 heavy (non-hydrogen) atoms. The van der Waals surface area contributed by atoms with Crippen molar-refractivity contribution in [3.8, 4) is 0 Å². The van der Waals surface area contributed by atoms with Crippen LogP contribution in [0, 0.1) is 20.8 Å². The number of aromatic nitrogens is 3. The van der Waals surface area contributed by atoms with E-state index in [0.29, 0.717) is 22.3 Å². The number of aryl methyl sites for hydroxylation is 4. The molecule has 168 valence electrons. The number of carbonyl (C=O) groups is 1. The van der Waals surface area contributed by atoms with Crippen LogP contribution in [0.4, 0.5) is 0 Å². The van der Waals surface area contributed by atoms with Gasteiger partial charge in [-0.25, -0.2) is 9.99 Å². The van der Waals surface area contributed by atoms with Crippen LogP contribution >= 0.6 is 0 Å². The molecule has 6 nitrogen and oxygen atoms in total. The van der Waals surface area contributed by atoms with Crippen LogP contribution in [0.3, 0.4) is 0 Å². The monoisotopic (exact) mass is 448 g/mol. The van der Waals surface area contributed by atoms with Crippen LogP contribution in [0.15, 0.2) is 71.7 Å². The Labute approximate surface area is 197 Å². The molecular weight excluding hydrogens is 424 g/mol. The Morgan fingerprint density at radius 3 is 2.53 bits per heavy atom. The van der Waals surface area contributed by atoms with Gasteiger partial charge in [0.15, 0.2) is 0 Å². The number of carbonyl (C=O) groups excluding carboxylic acids is 1. The number of hydrogen-bond acceptors (Lipinski definition) is 3. The van der Waals surface area contributed by atoms with Gasteiger partial charge in [-0.2, -0.15) is 4.68 Å². The van der Waals surface area contributed by atoms with Gasteiger partial charge < -0.3 is 4.57 Å². The SMILES string of the molecule is Cc1cccc2c(=O)n(N3C=C(c4ccccc4)n4c(C)cc5c4C(=CCC5)C3=O)c(C)nc12. The van der Waals surface area contributed by atoms with E-state index in [-0.39, 0.29) is 11.5 Å². The van der Waals surface area contributed by atoms with Crippen molar-refractivity contribution in [3.63, 3.8) is 0 Å². The minimum Gasteiger partial charge on any atom is -0.311 e. The summed E-state index contributed by atoms with van der Waals surface area (Å²) in [6.45, 7) is 5.77. The average molecular weight is 449 g/mol. The second-order valence-electron chi connectivity index (χ2n) is 8.93. The lowest BCUT2D eigenvalue weighted by atomic mass is 9.96. The summed E-state index contributed by atoms with van der Waals surface area (Å²) in [5, 5.41) is 1.94. The Morgan fingerprint density at radius 2 is 1.74 bits per heavy atom. The van der Waals surface area contributed by atoms with Crippen LogP contribution in [0.25, 0.3) is 22.2 Å². The summed E-state index contributed by atoms with van der Waals surface area (Å²) in [5.41, 5.74) is 6.88. The number of benzene rings is 2. The Hall–Kier alpha value is -4.19. The minimum absolute atomic E-state index is 0.231. The van der Waals surface area contributed by atoms with Crippen molar-refractivity contribution < 1.29 is 4.79 Å². The Balaban J connectivity index is 1.69. The number of allylic oxidation sites excluding steroid dienone is 1. The van der Waals surface area contributed by atoms with E-state index in [2.05, 4.69) is 17.6 Å².